The first-order valence-electron chi connectivity index (χ1n) is 11.1. The van der Waals surface area contributed by atoms with Gasteiger partial charge in [-0.3, -0.25) is 0 Å². The van der Waals surface area contributed by atoms with Crippen molar-refractivity contribution in [3.63, 3.8) is 0 Å². The van der Waals surface area contributed by atoms with E-state index in [4.69, 9.17) is 5.11 Å². The standard InChI is InChI=1S/C22H30.C6H6O/c1-3-4-5-6-10-15-21-16-11-12-17-22(21)19(2)18-20-13-8-7-9-14-20;7-6-4-2-1-3-5-6/h7-9,11-14,16-17,19H,3-6,10,15,18H2,1-2H3;1-5,7H. The van der Waals surface area contributed by atoms with Crippen molar-refractivity contribution in [1.82, 2.24) is 0 Å². The zero-order valence-electron chi connectivity index (χ0n) is 18.1. The van der Waals surface area contributed by atoms with Gasteiger partial charge < -0.3 is 5.11 Å². The fourth-order valence-corrected chi connectivity index (χ4v) is 3.67. The molecule has 3 rings (SSSR count). The van der Waals surface area contributed by atoms with Gasteiger partial charge >= 0.3 is 0 Å². The van der Waals surface area contributed by atoms with Gasteiger partial charge in [-0.05, 0) is 54.0 Å². The molecule has 1 atom stereocenters. The summed E-state index contributed by atoms with van der Waals surface area (Å²) in [5.74, 6) is 0.914. The van der Waals surface area contributed by atoms with Gasteiger partial charge in [-0.1, -0.05) is 112 Å². The molecule has 0 aliphatic rings. The summed E-state index contributed by atoms with van der Waals surface area (Å²) >= 11 is 0. The minimum absolute atomic E-state index is 0.322. The summed E-state index contributed by atoms with van der Waals surface area (Å²) in [5, 5.41) is 8.63. The molecule has 1 unspecified atom stereocenters. The molecule has 0 aliphatic carbocycles. The van der Waals surface area contributed by atoms with Crippen LogP contribution in [-0.2, 0) is 12.8 Å². The van der Waals surface area contributed by atoms with Crippen molar-refractivity contribution in [2.45, 2.75) is 64.7 Å². The zero-order chi connectivity index (χ0) is 20.7. The Morgan fingerprint density at radius 3 is 1.90 bits per heavy atom. The molecule has 0 spiro atoms. The average molecular weight is 389 g/mol. The Kier molecular flexibility index (Phi) is 10.7. The summed E-state index contributed by atoms with van der Waals surface area (Å²) in [7, 11) is 0. The van der Waals surface area contributed by atoms with Crippen molar-refractivity contribution in [3.05, 3.63) is 102 Å². The van der Waals surface area contributed by atoms with Crippen molar-refractivity contribution in [3.8, 4) is 5.75 Å². The number of para-hydroxylation sites is 1. The minimum Gasteiger partial charge on any atom is -0.508 e. The highest BCUT2D eigenvalue weighted by atomic mass is 16.3. The maximum absolute atomic E-state index is 8.63. The highest BCUT2D eigenvalue weighted by molar-refractivity contribution is 5.32. The lowest BCUT2D eigenvalue weighted by molar-refractivity contribution is 0.475. The smallest absolute Gasteiger partial charge is 0.115 e. The lowest BCUT2D eigenvalue weighted by Crippen LogP contribution is -2.03. The Hall–Kier alpha value is -2.54. The van der Waals surface area contributed by atoms with Crippen LogP contribution in [0.15, 0.2) is 84.9 Å². The molecule has 0 saturated heterocycles. The number of aromatic hydroxyl groups is 1. The van der Waals surface area contributed by atoms with E-state index in [0.717, 1.165) is 6.42 Å². The first-order chi connectivity index (χ1) is 14.2. The second-order valence-electron chi connectivity index (χ2n) is 7.79. The maximum Gasteiger partial charge on any atom is 0.115 e. The van der Waals surface area contributed by atoms with Crippen LogP contribution < -0.4 is 0 Å². The quantitative estimate of drug-likeness (QED) is 0.369. The van der Waals surface area contributed by atoms with E-state index in [1.165, 1.54) is 44.1 Å². The largest absolute Gasteiger partial charge is 0.508 e. The third-order valence-corrected chi connectivity index (χ3v) is 5.28. The molecular weight excluding hydrogens is 352 g/mol. The molecule has 1 heteroatoms. The van der Waals surface area contributed by atoms with Crippen molar-refractivity contribution >= 4 is 0 Å². The molecule has 0 heterocycles. The Bertz CT molecular complexity index is 780. The summed E-state index contributed by atoms with van der Waals surface area (Å²) in [5.41, 5.74) is 4.54. The predicted molar refractivity (Wildman–Crippen MR) is 126 cm³/mol. The van der Waals surface area contributed by atoms with Gasteiger partial charge in [0.2, 0.25) is 0 Å². The molecule has 0 amide bonds. The van der Waals surface area contributed by atoms with Crippen molar-refractivity contribution in [1.29, 1.82) is 0 Å². The Balaban J connectivity index is 0.000000360. The van der Waals surface area contributed by atoms with Crippen molar-refractivity contribution < 1.29 is 5.11 Å². The SMILES string of the molecule is CCCCCCCc1ccccc1C(C)Cc1ccccc1.Oc1ccccc1. The molecule has 0 fully saturated rings. The molecule has 1 N–H and O–H groups in total. The van der Waals surface area contributed by atoms with Crippen LogP contribution in [0.1, 0.15) is 68.6 Å². The number of hydrogen-bond donors (Lipinski definition) is 1. The van der Waals surface area contributed by atoms with Gasteiger partial charge in [0.1, 0.15) is 5.75 Å². The number of rotatable bonds is 9. The van der Waals surface area contributed by atoms with Gasteiger partial charge in [0.25, 0.3) is 0 Å². The van der Waals surface area contributed by atoms with Crippen LogP contribution in [0, 0.1) is 0 Å². The third kappa shape index (κ3) is 9.00. The number of hydrogen-bond acceptors (Lipinski definition) is 1. The van der Waals surface area contributed by atoms with Crippen LogP contribution in [-0.4, -0.2) is 5.11 Å². The first kappa shape index (κ1) is 22.7. The van der Waals surface area contributed by atoms with Gasteiger partial charge in [-0.2, -0.15) is 0 Å². The molecule has 1 nitrogen and oxygen atoms in total. The van der Waals surface area contributed by atoms with E-state index in [-0.39, 0.29) is 0 Å². The van der Waals surface area contributed by atoms with Crippen LogP contribution in [0.3, 0.4) is 0 Å². The lowest BCUT2D eigenvalue weighted by Gasteiger charge is -2.17. The summed E-state index contributed by atoms with van der Waals surface area (Å²) in [4.78, 5) is 0. The van der Waals surface area contributed by atoms with Gasteiger partial charge in [0, 0.05) is 0 Å². The topological polar surface area (TPSA) is 20.2 Å². The number of phenols is 1. The van der Waals surface area contributed by atoms with Crippen molar-refractivity contribution in [2.24, 2.45) is 0 Å². The predicted octanol–water partition coefficient (Wildman–Crippen LogP) is 7.94. The molecule has 0 aromatic heterocycles. The molecule has 0 aliphatic heterocycles. The molecule has 29 heavy (non-hydrogen) atoms. The maximum atomic E-state index is 8.63. The monoisotopic (exact) mass is 388 g/mol. The minimum atomic E-state index is 0.322. The van der Waals surface area contributed by atoms with E-state index in [2.05, 4.69) is 68.4 Å². The molecule has 154 valence electrons. The average Bonchev–Trinajstić information content (AvgIpc) is 2.75. The second-order valence-corrected chi connectivity index (χ2v) is 7.79. The van der Waals surface area contributed by atoms with E-state index in [9.17, 15) is 0 Å². The molecule has 0 saturated carbocycles. The Morgan fingerprint density at radius 2 is 1.28 bits per heavy atom. The highest BCUT2D eigenvalue weighted by Crippen LogP contribution is 2.25. The molecular formula is C28H36O. The summed E-state index contributed by atoms with van der Waals surface area (Å²) < 4.78 is 0. The third-order valence-electron chi connectivity index (χ3n) is 5.28. The normalized spacial score (nSPS) is 11.4. The summed E-state index contributed by atoms with van der Waals surface area (Å²) in [6.45, 7) is 4.64. The van der Waals surface area contributed by atoms with Crippen LogP contribution in [0.4, 0.5) is 0 Å². The van der Waals surface area contributed by atoms with E-state index < -0.39 is 0 Å². The van der Waals surface area contributed by atoms with Gasteiger partial charge in [-0.15, -0.1) is 0 Å². The fraction of sp³-hybridized carbons (Fsp3) is 0.357. The molecule has 3 aromatic rings. The Morgan fingerprint density at radius 1 is 0.690 bits per heavy atom. The number of benzene rings is 3. The molecule has 3 aromatic carbocycles. The van der Waals surface area contributed by atoms with Crippen molar-refractivity contribution in [2.75, 3.05) is 0 Å². The van der Waals surface area contributed by atoms with E-state index >= 15 is 0 Å². The summed E-state index contributed by atoms with van der Waals surface area (Å²) in [6.07, 6.45) is 9.16. The van der Waals surface area contributed by atoms with E-state index in [0.29, 0.717) is 11.7 Å². The number of phenolic OH excluding ortho intramolecular Hbond substituents is 1. The second kappa shape index (κ2) is 13.6. The highest BCUT2D eigenvalue weighted by Gasteiger charge is 2.10. The van der Waals surface area contributed by atoms with Gasteiger partial charge in [0.15, 0.2) is 0 Å². The van der Waals surface area contributed by atoms with Crippen LogP contribution in [0.25, 0.3) is 0 Å². The van der Waals surface area contributed by atoms with Gasteiger partial charge in [-0.25, -0.2) is 0 Å². The number of unbranched alkanes of at least 4 members (excludes halogenated alkanes) is 4. The molecule has 0 radical (unpaired) electrons. The first-order valence-corrected chi connectivity index (χ1v) is 11.1. The zero-order valence-corrected chi connectivity index (χ0v) is 18.1. The number of aryl methyl sites for hydroxylation is 1. The van der Waals surface area contributed by atoms with Crippen LogP contribution in [0.2, 0.25) is 0 Å². The van der Waals surface area contributed by atoms with E-state index in [1.54, 1.807) is 35.4 Å². The van der Waals surface area contributed by atoms with Crippen LogP contribution in [0.5, 0.6) is 5.75 Å². The molecule has 0 bridgehead atoms. The Labute approximate surface area is 177 Å². The fourth-order valence-electron chi connectivity index (χ4n) is 3.67. The van der Waals surface area contributed by atoms with Gasteiger partial charge in [0.05, 0.1) is 0 Å². The van der Waals surface area contributed by atoms with E-state index in [1.807, 2.05) is 6.07 Å². The van der Waals surface area contributed by atoms with Crippen LogP contribution >= 0.6 is 0 Å². The lowest BCUT2D eigenvalue weighted by atomic mass is 9.88. The summed E-state index contributed by atoms with van der Waals surface area (Å²) in [6, 6.07) is 28.6.